The smallest absolute Gasteiger partial charge is 0.213 e. The zero-order valence-corrected chi connectivity index (χ0v) is 17.1. The van der Waals surface area contributed by atoms with Crippen LogP contribution in [0.3, 0.4) is 0 Å². The van der Waals surface area contributed by atoms with E-state index < -0.39 is 6.23 Å². The molecule has 2 unspecified atom stereocenters. The van der Waals surface area contributed by atoms with Gasteiger partial charge in [0, 0.05) is 22.6 Å². The number of nitrogens with zero attached hydrogens (tertiary/aromatic N) is 2. The highest BCUT2D eigenvalue weighted by atomic mass is 35.5. The molecule has 2 aliphatic heterocycles. The summed E-state index contributed by atoms with van der Waals surface area (Å²) in [6.07, 6.45) is 0.197. The topological polar surface area (TPSA) is 24.8 Å². The Bertz CT molecular complexity index is 1110. The van der Waals surface area contributed by atoms with Gasteiger partial charge in [-0.25, -0.2) is 9.40 Å². The second-order valence-corrected chi connectivity index (χ2v) is 8.18. The van der Waals surface area contributed by atoms with Crippen LogP contribution in [0, 0.1) is 12.7 Å². The van der Waals surface area contributed by atoms with Crippen LogP contribution in [0.15, 0.2) is 65.8 Å². The van der Waals surface area contributed by atoms with Crippen LogP contribution < -0.4 is 4.74 Å². The van der Waals surface area contributed by atoms with Crippen molar-refractivity contribution in [3.8, 4) is 5.75 Å². The number of hydrogen-bond donors (Lipinski definition) is 0. The summed E-state index contributed by atoms with van der Waals surface area (Å²) in [5.74, 6) is 0.309. The molecule has 29 heavy (non-hydrogen) atoms. The average molecular weight is 427 g/mol. The van der Waals surface area contributed by atoms with Crippen molar-refractivity contribution in [3.63, 3.8) is 0 Å². The highest BCUT2D eigenvalue weighted by Crippen LogP contribution is 2.50. The van der Waals surface area contributed by atoms with Crippen molar-refractivity contribution in [3.05, 3.63) is 98.8 Å². The average Bonchev–Trinajstić information content (AvgIpc) is 3.14. The zero-order valence-electron chi connectivity index (χ0n) is 15.6. The molecule has 0 aromatic heterocycles. The molecule has 0 saturated carbocycles. The molecular formula is C23H17Cl2FN2O. The van der Waals surface area contributed by atoms with Crippen molar-refractivity contribution in [2.45, 2.75) is 25.6 Å². The molecule has 2 atom stereocenters. The lowest BCUT2D eigenvalue weighted by molar-refractivity contribution is -0.0189. The molecule has 3 aromatic carbocycles. The predicted molar refractivity (Wildman–Crippen MR) is 113 cm³/mol. The second-order valence-electron chi connectivity index (χ2n) is 7.34. The van der Waals surface area contributed by atoms with Crippen LogP contribution in [0.2, 0.25) is 10.0 Å². The Morgan fingerprint density at radius 1 is 1.03 bits per heavy atom. The summed E-state index contributed by atoms with van der Waals surface area (Å²) in [5.41, 5.74) is 4.95. The van der Waals surface area contributed by atoms with E-state index in [-0.39, 0.29) is 11.9 Å². The minimum atomic E-state index is -0.505. The molecule has 0 fully saturated rings. The van der Waals surface area contributed by atoms with E-state index in [9.17, 15) is 4.39 Å². The fourth-order valence-corrected chi connectivity index (χ4v) is 4.44. The first kappa shape index (κ1) is 18.5. The minimum absolute atomic E-state index is 0.0682. The van der Waals surface area contributed by atoms with Crippen LogP contribution in [0.25, 0.3) is 0 Å². The van der Waals surface area contributed by atoms with Crippen molar-refractivity contribution in [1.82, 2.24) is 5.01 Å². The molecule has 3 aromatic rings. The van der Waals surface area contributed by atoms with Gasteiger partial charge in [0.15, 0.2) is 0 Å². The molecule has 5 rings (SSSR count). The van der Waals surface area contributed by atoms with Crippen LogP contribution in [0.1, 0.15) is 40.9 Å². The zero-order chi connectivity index (χ0) is 20.1. The molecular weight excluding hydrogens is 410 g/mol. The van der Waals surface area contributed by atoms with Gasteiger partial charge in [0.2, 0.25) is 6.23 Å². The molecule has 0 N–H and O–H groups in total. The first-order valence-electron chi connectivity index (χ1n) is 9.33. The number of aryl methyl sites for hydroxylation is 1. The molecule has 0 aliphatic carbocycles. The number of benzene rings is 3. The number of ether oxygens (including phenoxy) is 1. The summed E-state index contributed by atoms with van der Waals surface area (Å²) in [5, 5.41) is 7.84. The molecule has 0 saturated heterocycles. The summed E-state index contributed by atoms with van der Waals surface area (Å²) >= 11 is 12.7. The van der Waals surface area contributed by atoms with E-state index in [4.69, 9.17) is 33.0 Å². The largest absolute Gasteiger partial charge is 0.463 e. The van der Waals surface area contributed by atoms with E-state index >= 15 is 0 Å². The first-order chi connectivity index (χ1) is 14.0. The van der Waals surface area contributed by atoms with Gasteiger partial charge in [-0.2, -0.15) is 5.10 Å². The maximum Gasteiger partial charge on any atom is 0.213 e. The van der Waals surface area contributed by atoms with E-state index in [0.717, 1.165) is 22.4 Å². The Morgan fingerprint density at radius 2 is 1.76 bits per heavy atom. The monoisotopic (exact) mass is 426 g/mol. The molecule has 6 heteroatoms. The Balaban J connectivity index is 1.62. The number of halogens is 3. The fraction of sp³-hybridized carbons (Fsp3) is 0.174. The van der Waals surface area contributed by atoms with E-state index in [1.165, 1.54) is 17.7 Å². The Labute approximate surface area is 178 Å². The van der Waals surface area contributed by atoms with E-state index in [2.05, 4.69) is 31.2 Å². The third-order valence-corrected chi connectivity index (χ3v) is 5.85. The SMILES string of the molecule is Cc1ccc(C2=NN3C(C2)c2cc(Cl)cc(Cl)c2OC3c2ccc(F)cc2)cc1. The number of rotatable bonds is 2. The molecule has 2 heterocycles. The van der Waals surface area contributed by atoms with E-state index in [1.54, 1.807) is 18.2 Å². The lowest BCUT2D eigenvalue weighted by atomic mass is 9.95. The summed E-state index contributed by atoms with van der Waals surface area (Å²) < 4.78 is 19.7. The third kappa shape index (κ3) is 3.26. The Morgan fingerprint density at radius 3 is 2.48 bits per heavy atom. The van der Waals surface area contributed by atoms with Crippen molar-refractivity contribution < 1.29 is 9.13 Å². The Kier molecular flexibility index (Phi) is 4.49. The highest BCUT2D eigenvalue weighted by molar-refractivity contribution is 6.35. The van der Waals surface area contributed by atoms with Gasteiger partial charge >= 0.3 is 0 Å². The van der Waals surface area contributed by atoms with Gasteiger partial charge in [-0.15, -0.1) is 0 Å². The van der Waals surface area contributed by atoms with Gasteiger partial charge in [-0.3, -0.25) is 0 Å². The van der Waals surface area contributed by atoms with Crippen molar-refractivity contribution in [2.24, 2.45) is 5.10 Å². The number of hydrogen-bond acceptors (Lipinski definition) is 3. The van der Waals surface area contributed by atoms with Crippen LogP contribution in [0.4, 0.5) is 4.39 Å². The van der Waals surface area contributed by atoms with Crippen LogP contribution in [0.5, 0.6) is 5.75 Å². The number of hydrazone groups is 1. The predicted octanol–water partition coefficient (Wildman–Crippen LogP) is 6.68. The van der Waals surface area contributed by atoms with Crippen LogP contribution in [-0.2, 0) is 0 Å². The normalized spacial score (nSPS) is 20.0. The molecule has 146 valence electrons. The van der Waals surface area contributed by atoms with Crippen molar-refractivity contribution in [1.29, 1.82) is 0 Å². The maximum absolute atomic E-state index is 13.5. The summed E-state index contributed by atoms with van der Waals surface area (Å²) in [6.45, 7) is 2.06. The number of fused-ring (bicyclic) bond motifs is 3. The molecule has 0 bridgehead atoms. The lowest BCUT2D eigenvalue weighted by Gasteiger charge is -2.38. The maximum atomic E-state index is 13.5. The van der Waals surface area contributed by atoms with Gasteiger partial charge in [0.1, 0.15) is 11.6 Å². The summed E-state index contributed by atoms with van der Waals surface area (Å²) in [7, 11) is 0. The van der Waals surface area contributed by atoms with Crippen LogP contribution in [-0.4, -0.2) is 10.7 Å². The van der Waals surface area contributed by atoms with Crippen molar-refractivity contribution >= 4 is 28.9 Å². The standard InChI is InChI=1S/C23H17Cl2FN2O/c1-13-2-4-14(5-3-13)20-12-21-18-10-16(24)11-19(25)22(18)29-23(28(21)27-20)15-6-8-17(26)9-7-15/h2-11,21,23H,12H2,1H3. The Hall–Kier alpha value is -2.56. The van der Waals surface area contributed by atoms with E-state index in [0.29, 0.717) is 22.2 Å². The first-order valence-corrected chi connectivity index (χ1v) is 10.1. The van der Waals surface area contributed by atoms with Gasteiger partial charge in [0.05, 0.1) is 16.8 Å². The van der Waals surface area contributed by atoms with Gasteiger partial charge < -0.3 is 4.74 Å². The molecule has 0 amide bonds. The van der Waals surface area contributed by atoms with Gasteiger partial charge in [0.25, 0.3) is 0 Å². The van der Waals surface area contributed by atoms with Gasteiger partial charge in [-0.1, -0.05) is 65.2 Å². The molecule has 3 nitrogen and oxygen atoms in total. The molecule has 0 radical (unpaired) electrons. The van der Waals surface area contributed by atoms with Crippen LogP contribution >= 0.6 is 23.2 Å². The molecule has 2 aliphatic rings. The lowest BCUT2D eigenvalue weighted by Crippen LogP contribution is -2.33. The van der Waals surface area contributed by atoms with Crippen molar-refractivity contribution in [2.75, 3.05) is 0 Å². The molecule has 0 spiro atoms. The van der Waals surface area contributed by atoms with Gasteiger partial charge in [-0.05, 0) is 36.8 Å². The highest BCUT2D eigenvalue weighted by Gasteiger charge is 2.42. The quantitative estimate of drug-likeness (QED) is 0.456. The summed E-state index contributed by atoms with van der Waals surface area (Å²) in [4.78, 5) is 0. The summed E-state index contributed by atoms with van der Waals surface area (Å²) in [6, 6.07) is 18.1. The minimum Gasteiger partial charge on any atom is -0.463 e. The third-order valence-electron chi connectivity index (χ3n) is 5.35. The fourth-order valence-electron chi connectivity index (χ4n) is 3.88. The second kappa shape index (κ2) is 7.05. The van der Waals surface area contributed by atoms with E-state index in [1.807, 2.05) is 11.1 Å².